The van der Waals surface area contributed by atoms with Crippen molar-refractivity contribution >= 4 is 23.1 Å². The molecule has 110 valence electrons. The van der Waals surface area contributed by atoms with Crippen LogP contribution in [0.25, 0.3) is 0 Å². The minimum absolute atomic E-state index is 0.107. The number of benzene rings is 1. The summed E-state index contributed by atoms with van der Waals surface area (Å²) in [5.74, 6) is 1.42. The number of hydrogen-bond donors (Lipinski definition) is 3. The van der Waals surface area contributed by atoms with Gasteiger partial charge in [0.25, 0.3) is 5.91 Å². The zero-order valence-electron chi connectivity index (χ0n) is 11.6. The fourth-order valence-corrected chi connectivity index (χ4v) is 2.89. The maximum atomic E-state index is 11.6. The third kappa shape index (κ3) is 2.29. The van der Waals surface area contributed by atoms with E-state index in [1.54, 1.807) is 0 Å². The van der Waals surface area contributed by atoms with Gasteiger partial charge in [0, 0.05) is 18.3 Å². The van der Waals surface area contributed by atoms with Gasteiger partial charge < -0.3 is 20.3 Å². The summed E-state index contributed by atoms with van der Waals surface area (Å²) < 4.78 is 5.69. The molecule has 1 saturated heterocycles. The van der Waals surface area contributed by atoms with Gasteiger partial charge in [-0.15, -0.1) is 0 Å². The van der Waals surface area contributed by atoms with Crippen LogP contribution in [-0.4, -0.2) is 44.0 Å². The van der Waals surface area contributed by atoms with E-state index >= 15 is 0 Å². The van der Waals surface area contributed by atoms with Crippen LogP contribution in [0.2, 0.25) is 0 Å². The average Bonchev–Trinajstić information content (AvgIpc) is 3.00. The largest absolute Gasteiger partial charge is 0.483 e. The molecule has 1 atom stereocenters. The Bertz CT molecular complexity index is 609. The number of rotatable bonds is 2. The first-order valence-corrected chi connectivity index (χ1v) is 7.16. The molecule has 3 heterocycles. The molecule has 7 heteroatoms. The fraction of sp³-hybridized carbons (Fsp3) is 0.429. The van der Waals surface area contributed by atoms with E-state index in [9.17, 15) is 4.79 Å². The highest BCUT2D eigenvalue weighted by Gasteiger charge is 2.29. The van der Waals surface area contributed by atoms with Gasteiger partial charge in [0.05, 0.1) is 5.69 Å². The molecule has 1 aromatic rings. The summed E-state index contributed by atoms with van der Waals surface area (Å²) in [6.45, 7) is 2.69. The van der Waals surface area contributed by atoms with E-state index in [0.717, 1.165) is 42.5 Å². The molecule has 1 unspecified atom stereocenters. The van der Waals surface area contributed by atoms with Crippen LogP contribution in [0.1, 0.15) is 6.42 Å². The van der Waals surface area contributed by atoms with Crippen LogP contribution in [0.3, 0.4) is 0 Å². The smallest absolute Gasteiger partial charge is 0.260 e. The zero-order valence-corrected chi connectivity index (χ0v) is 11.6. The second-order valence-electron chi connectivity index (χ2n) is 5.45. The van der Waals surface area contributed by atoms with Crippen LogP contribution in [0.15, 0.2) is 23.3 Å². The van der Waals surface area contributed by atoms with Crippen LogP contribution < -0.4 is 25.7 Å². The summed E-state index contributed by atoms with van der Waals surface area (Å²) in [6, 6.07) is 6.44. The summed E-state index contributed by atoms with van der Waals surface area (Å²) >= 11 is 0. The van der Waals surface area contributed by atoms with Crippen molar-refractivity contribution < 1.29 is 9.53 Å². The third-order valence-electron chi connectivity index (χ3n) is 3.96. The number of nitrogens with zero attached hydrogens (tertiary/aromatic N) is 2. The lowest BCUT2D eigenvalue weighted by Gasteiger charge is -2.34. The Balaban J connectivity index is 1.63. The van der Waals surface area contributed by atoms with E-state index in [4.69, 9.17) is 4.74 Å². The van der Waals surface area contributed by atoms with E-state index in [0.29, 0.717) is 12.6 Å². The molecule has 3 aliphatic rings. The van der Waals surface area contributed by atoms with Gasteiger partial charge in [-0.2, -0.15) is 5.10 Å². The van der Waals surface area contributed by atoms with E-state index in [1.807, 2.05) is 23.1 Å². The van der Waals surface area contributed by atoms with Gasteiger partial charge in [-0.3, -0.25) is 4.79 Å². The number of ether oxygens (including phenoxy) is 1. The van der Waals surface area contributed by atoms with Crippen molar-refractivity contribution in [1.29, 1.82) is 0 Å². The second kappa shape index (κ2) is 4.92. The van der Waals surface area contributed by atoms with E-state index < -0.39 is 0 Å². The maximum Gasteiger partial charge on any atom is 0.260 e. The van der Waals surface area contributed by atoms with Crippen molar-refractivity contribution in [2.45, 2.75) is 12.5 Å². The van der Waals surface area contributed by atoms with E-state index in [-0.39, 0.29) is 12.5 Å². The molecule has 1 aromatic carbocycles. The standard InChI is InChI=1S/C14H17N5O2/c20-14-7-19-11-5-9(16-10-3-4-15-6-10)1-2-12(11)21-8-13(19)17-18-14/h1-2,5,10,15-16H,3-4,6-8H2,(H,18,20). The Hall–Kier alpha value is -2.28. The number of carbonyl (C=O) groups excluding carboxylic acids is 1. The molecule has 1 amide bonds. The van der Waals surface area contributed by atoms with Crippen molar-refractivity contribution in [2.24, 2.45) is 5.10 Å². The average molecular weight is 287 g/mol. The first-order valence-electron chi connectivity index (χ1n) is 7.16. The van der Waals surface area contributed by atoms with Crippen LogP contribution in [-0.2, 0) is 4.79 Å². The Morgan fingerprint density at radius 3 is 3.24 bits per heavy atom. The van der Waals surface area contributed by atoms with E-state index in [1.165, 1.54) is 0 Å². The fourth-order valence-electron chi connectivity index (χ4n) is 2.89. The summed E-state index contributed by atoms with van der Waals surface area (Å²) in [5.41, 5.74) is 4.42. The number of carbonyl (C=O) groups is 1. The predicted octanol–water partition coefficient (Wildman–Crippen LogP) is 0.102. The number of fused-ring (bicyclic) bond motifs is 3. The number of hydrogen-bond acceptors (Lipinski definition) is 6. The van der Waals surface area contributed by atoms with E-state index in [2.05, 4.69) is 21.2 Å². The van der Waals surface area contributed by atoms with Crippen LogP contribution in [0.5, 0.6) is 5.75 Å². The maximum absolute atomic E-state index is 11.6. The lowest BCUT2D eigenvalue weighted by atomic mass is 10.1. The molecule has 3 aliphatic heterocycles. The lowest BCUT2D eigenvalue weighted by molar-refractivity contribution is -0.119. The number of hydrazone groups is 1. The predicted molar refractivity (Wildman–Crippen MR) is 79.8 cm³/mol. The quantitative estimate of drug-likeness (QED) is 0.719. The Morgan fingerprint density at radius 1 is 1.43 bits per heavy atom. The van der Waals surface area contributed by atoms with Crippen molar-refractivity contribution in [1.82, 2.24) is 10.7 Å². The number of anilines is 2. The normalized spacial score (nSPS) is 23.6. The first kappa shape index (κ1) is 12.5. The van der Waals surface area contributed by atoms with Gasteiger partial charge in [-0.05, 0) is 31.2 Å². The SMILES string of the molecule is O=C1CN2C(=NN1)COc1ccc(NC3CCNC3)cc12. The van der Waals surface area contributed by atoms with Gasteiger partial charge >= 0.3 is 0 Å². The summed E-state index contributed by atoms with van der Waals surface area (Å²) in [7, 11) is 0. The van der Waals surface area contributed by atoms with Gasteiger partial charge in [0.15, 0.2) is 5.84 Å². The molecule has 0 aromatic heterocycles. The van der Waals surface area contributed by atoms with Gasteiger partial charge in [-0.25, -0.2) is 5.43 Å². The zero-order chi connectivity index (χ0) is 14.2. The third-order valence-corrected chi connectivity index (χ3v) is 3.96. The molecule has 3 N–H and O–H groups in total. The molecule has 0 radical (unpaired) electrons. The highest BCUT2D eigenvalue weighted by atomic mass is 16.5. The number of amidine groups is 1. The molecule has 7 nitrogen and oxygen atoms in total. The molecule has 0 saturated carbocycles. The van der Waals surface area contributed by atoms with Crippen molar-refractivity contribution in [2.75, 3.05) is 36.5 Å². The molecular weight excluding hydrogens is 270 g/mol. The van der Waals surface area contributed by atoms with Gasteiger partial charge in [-0.1, -0.05) is 0 Å². The number of nitrogens with one attached hydrogen (secondary N) is 3. The van der Waals surface area contributed by atoms with Gasteiger partial charge in [0.2, 0.25) is 0 Å². The highest BCUT2D eigenvalue weighted by molar-refractivity contribution is 6.07. The molecular formula is C14H17N5O2. The topological polar surface area (TPSA) is 78.0 Å². The summed E-state index contributed by atoms with van der Waals surface area (Å²) in [4.78, 5) is 13.5. The molecule has 0 aliphatic carbocycles. The molecule has 1 fully saturated rings. The Morgan fingerprint density at radius 2 is 2.38 bits per heavy atom. The summed E-state index contributed by atoms with van der Waals surface area (Å²) in [5, 5.41) is 10.9. The van der Waals surface area contributed by atoms with Crippen molar-refractivity contribution in [3.63, 3.8) is 0 Å². The van der Waals surface area contributed by atoms with Crippen molar-refractivity contribution in [3.05, 3.63) is 18.2 Å². The van der Waals surface area contributed by atoms with Crippen LogP contribution >= 0.6 is 0 Å². The van der Waals surface area contributed by atoms with Gasteiger partial charge in [0.1, 0.15) is 18.9 Å². The van der Waals surface area contributed by atoms with Crippen LogP contribution in [0, 0.1) is 0 Å². The monoisotopic (exact) mass is 287 g/mol. The highest BCUT2D eigenvalue weighted by Crippen LogP contribution is 2.35. The van der Waals surface area contributed by atoms with Crippen molar-refractivity contribution in [3.8, 4) is 5.75 Å². The second-order valence-corrected chi connectivity index (χ2v) is 5.45. The minimum Gasteiger partial charge on any atom is -0.483 e. The molecule has 4 rings (SSSR count). The summed E-state index contributed by atoms with van der Waals surface area (Å²) in [6.07, 6.45) is 1.12. The Kier molecular flexibility index (Phi) is 2.92. The first-order chi connectivity index (χ1) is 10.3. The van der Waals surface area contributed by atoms with Crippen LogP contribution in [0.4, 0.5) is 11.4 Å². The number of amides is 1. The lowest BCUT2D eigenvalue weighted by Crippen LogP contribution is -2.49. The molecule has 21 heavy (non-hydrogen) atoms. The molecule has 0 bridgehead atoms. The Labute approximate surface area is 122 Å². The molecule has 0 spiro atoms. The minimum atomic E-state index is -0.107.